The summed E-state index contributed by atoms with van der Waals surface area (Å²) in [5.41, 5.74) is 1.73. The Morgan fingerprint density at radius 3 is 2.55 bits per heavy atom. The summed E-state index contributed by atoms with van der Waals surface area (Å²) in [6, 6.07) is 21.4. The number of amides is 1. The minimum Gasteiger partial charge on any atom is -0.325 e. The van der Waals surface area contributed by atoms with Crippen LogP contribution in [0.4, 0.5) is 5.69 Å². The van der Waals surface area contributed by atoms with Gasteiger partial charge < -0.3 is 9.88 Å². The van der Waals surface area contributed by atoms with Crippen molar-refractivity contribution in [3.8, 4) is 11.4 Å². The van der Waals surface area contributed by atoms with Gasteiger partial charge in [-0.05, 0) is 54.1 Å². The molecule has 3 aromatic carbocycles. The third kappa shape index (κ3) is 4.44. The van der Waals surface area contributed by atoms with Crippen LogP contribution in [0.3, 0.4) is 0 Å². The second kappa shape index (κ2) is 8.68. The average molecular weight is 423 g/mol. The lowest BCUT2D eigenvalue weighted by molar-refractivity contribution is -0.113. The summed E-state index contributed by atoms with van der Waals surface area (Å²) < 4.78 is 2.00. The molecule has 0 aliphatic heterocycles. The molecule has 5 nitrogen and oxygen atoms in total. The number of carbonyl (C=O) groups excluding carboxylic acids is 1. The number of anilines is 1. The van der Waals surface area contributed by atoms with Crippen molar-refractivity contribution < 1.29 is 4.79 Å². The molecule has 0 aliphatic rings. The lowest BCUT2D eigenvalue weighted by atomic mass is 10.1. The van der Waals surface area contributed by atoms with Gasteiger partial charge in [-0.3, -0.25) is 4.79 Å². The molecule has 0 atom stereocenters. The molecule has 0 spiro atoms. The molecule has 1 amide bonds. The van der Waals surface area contributed by atoms with Gasteiger partial charge in [-0.1, -0.05) is 53.7 Å². The van der Waals surface area contributed by atoms with Crippen LogP contribution in [0.2, 0.25) is 5.02 Å². The van der Waals surface area contributed by atoms with Crippen molar-refractivity contribution in [2.24, 2.45) is 0 Å². The Morgan fingerprint density at radius 1 is 1.03 bits per heavy atom. The van der Waals surface area contributed by atoms with Crippen LogP contribution in [0.25, 0.3) is 22.2 Å². The second-order valence-electron chi connectivity index (χ2n) is 6.46. The van der Waals surface area contributed by atoms with E-state index in [9.17, 15) is 4.79 Å². The Balaban J connectivity index is 1.44. The van der Waals surface area contributed by atoms with Gasteiger partial charge in [0.25, 0.3) is 0 Å². The fourth-order valence-electron chi connectivity index (χ4n) is 3.09. The lowest BCUT2D eigenvalue weighted by Gasteiger charge is -2.08. The maximum absolute atomic E-state index is 12.4. The molecule has 4 aromatic rings. The fraction of sp³-hybridized carbons (Fsp3) is 0.136. The zero-order valence-corrected chi connectivity index (χ0v) is 17.4. The number of rotatable bonds is 6. The average Bonchev–Trinajstić information content (AvgIpc) is 3.15. The van der Waals surface area contributed by atoms with E-state index < -0.39 is 0 Å². The molecule has 1 heterocycles. The third-order valence-electron chi connectivity index (χ3n) is 4.50. The highest BCUT2D eigenvalue weighted by atomic mass is 35.5. The zero-order chi connectivity index (χ0) is 20.2. The quantitative estimate of drug-likeness (QED) is 0.416. The predicted molar refractivity (Wildman–Crippen MR) is 119 cm³/mol. The number of nitrogens with one attached hydrogen (secondary N) is 1. The fourth-order valence-corrected chi connectivity index (χ4v) is 4.02. The van der Waals surface area contributed by atoms with E-state index in [0.29, 0.717) is 16.7 Å². The number of halogens is 1. The number of aromatic nitrogens is 3. The maximum atomic E-state index is 12.4. The number of hydrogen-bond acceptors (Lipinski definition) is 4. The summed E-state index contributed by atoms with van der Waals surface area (Å²) >= 11 is 7.34. The first-order valence-electron chi connectivity index (χ1n) is 9.24. The van der Waals surface area contributed by atoms with Crippen molar-refractivity contribution >= 4 is 45.7 Å². The summed E-state index contributed by atoms with van der Waals surface area (Å²) in [5, 5.41) is 15.2. The molecule has 0 aliphatic carbocycles. The summed E-state index contributed by atoms with van der Waals surface area (Å²) in [4.78, 5) is 12.4. The number of hydrogen-bond donors (Lipinski definition) is 1. The third-order valence-corrected chi connectivity index (χ3v) is 5.72. The molecule has 1 aromatic heterocycles. The topological polar surface area (TPSA) is 59.8 Å². The molecule has 146 valence electrons. The lowest BCUT2D eigenvalue weighted by Crippen LogP contribution is -2.14. The molecular weight excluding hydrogens is 404 g/mol. The van der Waals surface area contributed by atoms with Gasteiger partial charge in [0.2, 0.25) is 5.91 Å². The Kier molecular flexibility index (Phi) is 5.83. The molecule has 4 rings (SSSR count). The molecule has 0 bridgehead atoms. The Labute approximate surface area is 178 Å². The van der Waals surface area contributed by atoms with Gasteiger partial charge in [0, 0.05) is 22.8 Å². The standard InChI is InChI=1S/C22H19ClN4OS/c1-2-27-21(16-7-10-18(23)11-8-16)25-26-22(27)29-14-20(28)24-19-12-9-15-5-3-4-6-17(15)13-19/h3-13H,2,14H2,1H3,(H,24,28). The smallest absolute Gasteiger partial charge is 0.234 e. The van der Waals surface area contributed by atoms with Crippen LogP contribution < -0.4 is 5.32 Å². The molecule has 0 unspecified atom stereocenters. The SMILES string of the molecule is CCn1c(SCC(=O)Nc2ccc3ccccc3c2)nnc1-c1ccc(Cl)cc1. The second-order valence-corrected chi connectivity index (χ2v) is 7.84. The van der Waals surface area contributed by atoms with Crippen LogP contribution in [-0.4, -0.2) is 26.4 Å². The Morgan fingerprint density at radius 2 is 1.79 bits per heavy atom. The largest absolute Gasteiger partial charge is 0.325 e. The van der Waals surface area contributed by atoms with Crippen molar-refractivity contribution in [1.29, 1.82) is 0 Å². The molecule has 0 radical (unpaired) electrons. The van der Waals surface area contributed by atoms with Gasteiger partial charge in [-0.2, -0.15) is 0 Å². The van der Waals surface area contributed by atoms with E-state index in [4.69, 9.17) is 11.6 Å². The van der Waals surface area contributed by atoms with Crippen LogP contribution in [0, 0.1) is 0 Å². The Hall–Kier alpha value is -2.83. The van der Waals surface area contributed by atoms with Gasteiger partial charge in [0.15, 0.2) is 11.0 Å². The van der Waals surface area contributed by atoms with Crippen molar-refractivity contribution in [3.05, 3.63) is 71.8 Å². The minimum absolute atomic E-state index is 0.0797. The van der Waals surface area contributed by atoms with Crippen LogP contribution >= 0.6 is 23.4 Å². The van der Waals surface area contributed by atoms with E-state index in [1.54, 1.807) is 0 Å². The van der Waals surface area contributed by atoms with Crippen LogP contribution in [0.15, 0.2) is 71.9 Å². The summed E-state index contributed by atoms with van der Waals surface area (Å²) in [5.74, 6) is 0.941. The molecular formula is C22H19ClN4OS. The van der Waals surface area contributed by atoms with Crippen molar-refractivity contribution in [1.82, 2.24) is 14.8 Å². The molecule has 29 heavy (non-hydrogen) atoms. The van der Waals surface area contributed by atoms with Crippen LogP contribution in [0.1, 0.15) is 6.92 Å². The first kappa shape index (κ1) is 19.5. The molecule has 1 N–H and O–H groups in total. The first-order valence-corrected chi connectivity index (χ1v) is 10.6. The van der Waals surface area contributed by atoms with Crippen LogP contribution in [-0.2, 0) is 11.3 Å². The van der Waals surface area contributed by atoms with E-state index >= 15 is 0 Å². The zero-order valence-electron chi connectivity index (χ0n) is 15.8. The number of fused-ring (bicyclic) bond motifs is 1. The number of thioether (sulfide) groups is 1. The minimum atomic E-state index is -0.0797. The summed E-state index contributed by atoms with van der Waals surface area (Å²) in [6.07, 6.45) is 0. The van der Waals surface area contributed by atoms with Crippen molar-refractivity contribution in [2.75, 3.05) is 11.1 Å². The molecule has 0 saturated heterocycles. The highest BCUT2D eigenvalue weighted by molar-refractivity contribution is 7.99. The highest BCUT2D eigenvalue weighted by Crippen LogP contribution is 2.25. The predicted octanol–water partition coefficient (Wildman–Crippen LogP) is 5.50. The van der Waals surface area contributed by atoms with Gasteiger partial charge >= 0.3 is 0 Å². The molecule has 0 fully saturated rings. The van der Waals surface area contributed by atoms with Crippen molar-refractivity contribution in [3.63, 3.8) is 0 Å². The normalized spacial score (nSPS) is 11.0. The van der Waals surface area contributed by atoms with E-state index in [-0.39, 0.29) is 11.7 Å². The number of nitrogens with zero attached hydrogens (tertiary/aromatic N) is 3. The first-order chi connectivity index (χ1) is 14.1. The van der Waals surface area contributed by atoms with E-state index in [1.807, 2.05) is 78.2 Å². The van der Waals surface area contributed by atoms with Crippen molar-refractivity contribution in [2.45, 2.75) is 18.6 Å². The van der Waals surface area contributed by atoms with E-state index in [1.165, 1.54) is 11.8 Å². The number of carbonyl (C=O) groups is 1. The van der Waals surface area contributed by atoms with Crippen LogP contribution in [0.5, 0.6) is 0 Å². The molecule has 7 heteroatoms. The van der Waals surface area contributed by atoms with Gasteiger partial charge in [-0.25, -0.2) is 0 Å². The summed E-state index contributed by atoms with van der Waals surface area (Å²) in [6.45, 7) is 2.74. The molecule has 0 saturated carbocycles. The van der Waals surface area contributed by atoms with Gasteiger partial charge in [0.05, 0.1) is 5.75 Å². The highest BCUT2D eigenvalue weighted by Gasteiger charge is 2.14. The maximum Gasteiger partial charge on any atom is 0.234 e. The monoisotopic (exact) mass is 422 g/mol. The van der Waals surface area contributed by atoms with E-state index in [0.717, 1.165) is 27.8 Å². The Bertz CT molecular complexity index is 1160. The van der Waals surface area contributed by atoms with Gasteiger partial charge in [-0.15, -0.1) is 10.2 Å². The summed E-state index contributed by atoms with van der Waals surface area (Å²) in [7, 11) is 0. The van der Waals surface area contributed by atoms with Gasteiger partial charge in [0.1, 0.15) is 0 Å². The number of benzene rings is 3. The van der Waals surface area contributed by atoms with E-state index in [2.05, 4.69) is 15.5 Å².